The summed E-state index contributed by atoms with van der Waals surface area (Å²) in [6.07, 6.45) is 4.56. The number of carboxylic acids is 1. The Morgan fingerprint density at radius 1 is 1.33 bits per heavy atom. The van der Waals surface area contributed by atoms with Crippen molar-refractivity contribution in [2.75, 3.05) is 6.54 Å². The highest BCUT2D eigenvalue weighted by Crippen LogP contribution is 2.38. The molecule has 1 aliphatic carbocycles. The number of aliphatic carboxylic acids is 1. The molecule has 1 saturated carbocycles. The summed E-state index contributed by atoms with van der Waals surface area (Å²) in [6, 6.07) is 1.15. The molecule has 86 valence electrons. The van der Waals surface area contributed by atoms with Crippen molar-refractivity contribution < 1.29 is 9.90 Å². The summed E-state index contributed by atoms with van der Waals surface area (Å²) < 4.78 is 0. The van der Waals surface area contributed by atoms with Gasteiger partial charge in [-0.25, -0.2) is 0 Å². The Bertz CT molecular complexity index is 250. The minimum Gasteiger partial charge on any atom is -0.481 e. The van der Waals surface area contributed by atoms with Crippen LogP contribution in [-0.2, 0) is 4.79 Å². The number of hydrogen-bond acceptors (Lipinski definition) is 2. The van der Waals surface area contributed by atoms with E-state index in [2.05, 4.69) is 18.7 Å². The number of likely N-dealkylation sites (tertiary alicyclic amines) is 1. The van der Waals surface area contributed by atoms with Crippen LogP contribution in [0.1, 0.15) is 39.5 Å². The second-order valence-electron chi connectivity index (χ2n) is 5.24. The van der Waals surface area contributed by atoms with E-state index in [-0.39, 0.29) is 5.92 Å². The van der Waals surface area contributed by atoms with E-state index in [4.69, 9.17) is 5.11 Å². The summed E-state index contributed by atoms with van der Waals surface area (Å²) >= 11 is 0. The van der Waals surface area contributed by atoms with E-state index in [9.17, 15) is 4.79 Å². The van der Waals surface area contributed by atoms with Crippen LogP contribution < -0.4 is 0 Å². The third-order valence-corrected chi connectivity index (χ3v) is 4.11. The molecule has 0 bridgehead atoms. The molecular weight excluding hydrogens is 190 g/mol. The Hall–Kier alpha value is -0.570. The maximum atomic E-state index is 11.0. The predicted molar refractivity (Wildman–Crippen MR) is 58.7 cm³/mol. The summed E-state index contributed by atoms with van der Waals surface area (Å²) in [5.41, 5.74) is 0. The lowest BCUT2D eigenvalue weighted by atomic mass is 9.91. The van der Waals surface area contributed by atoms with Gasteiger partial charge in [0.1, 0.15) is 0 Å². The quantitative estimate of drug-likeness (QED) is 0.776. The van der Waals surface area contributed by atoms with E-state index in [1.165, 1.54) is 12.8 Å². The normalized spacial score (nSPS) is 35.1. The first-order valence-electron chi connectivity index (χ1n) is 6.08. The molecule has 1 aliphatic heterocycles. The summed E-state index contributed by atoms with van der Waals surface area (Å²) in [4.78, 5) is 13.4. The number of nitrogens with zero attached hydrogens (tertiary/aromatic N) is 1. The summed E-state index contributed by atoms with van der Waals surface area (Å²) in [6.45, 7) is 5.25. The number of hydrogen-bond donors (Lipinski definition) is 1. The zero-order valence-corrected chi connectivity index (χ0v) is 9.65. The van der Waals surface area contributed by atoms with Gasteiger partial charge in [0.05, 0.1) is 5.92 Å². The van der Waals surface area contributed by atoms with Crippen LogP contribution in [0, 0.1) is 11.8 Å². The first-order valence-corrected chi connectivity index (χ1v) is 6.08. The standard InChI is InChI=1S/C12H21NO2/c1-8-3-4-11(12(14)15)7-13(8)9(2)10-5-6-10/h8-11H,3-7H2,1-2H3,(H,14,15). The molecule has 3 atom stereocenters. The lowest BCUT2D eigenvalue weighted by Crippen LogP contribution is -2.49. The molecule has 0 aromatic rings. The van der Waals surface area contributed by atoms with Crippen molar-refractivity contribution in [3.05, 3.63) is 0 Å². The molecule has 0 aromatic heterocycles. The minimum absolute atomic E-state index is 0.137. The molecule has 0 aromatic carbocycles. The van der Waals surface area contributed by atoms with Crippen molar-refractivity contribution in [2.45, 2.75) is 51.6 Å². The topological polar surface area (TPSA) is 40.5 Å². The fourth-order valence-corrected chi connectivity index (χ4v) is 2.75. The van der Waals surface area contributed by atoms with Gasteiger partial charge in [0.2, 0.25) is 0 Å². The Morgan fingerprint density at radius 3 is 2.53 bits per heavy atom. The third-order valence-electron chi connectivity index (χ3n) is 4.11. The number of piperidine rings is 1. The maximum absolute atomic E-state index is 11.0. The molecular formula is C12H21NO2. The fraction of sp³-hybridized carbons (Fsp3) is 0.917. The lowest BCUT2D eigenvalue weighted by Gasteiger charge is -2.40. The van der Waals surface area contributed by atoms with Gasteiger partial charge in [-0.05, 0) is 45.4 Å². The van der Waals surface area contributed by atoms with Gasteiger partial charge in [-0.2, -0.15) is 0 Å². The average molecular weight is 211 g/mol. The molecule has 2 fully saturated rings. The monoisotopic (exact) mass is 211 g/mol. The van der Waals surface area contributed by atoms with Crippen LogP contribution in [0.15, 0.2) is 0 Å². The van der Waals surface area contributed by atoms with Gasteiger partial charge in [0, 0.05) is 18.6 Å². The smallest absolute Gasteiger partial charge is 0.307 e. The van der Waals surface area contributed by atoms with Crippen LogP contribution in [0.5, 0.6) is 0 Å². The molecule has 1 heterocycles. The molecule has 3 heteroatoms. The predicted octanol–water partition coefficient (Wildman–Crippen LogP) is 1.97. The molecule has 1 saturated heterocycles. The molecule has 2 aliphatic rings. The molecule has 15 heavy (non-hydrogen) atoms. The van der Waals surface area contributed by atoms with Crippen molar-refractivity contribution in [3.8, 4) is 0 Å². The fourth-order valence-electron chi connectivity index (χ4n) is 2.75. The van der Waals surface area contributed by atoms with Gasteiger partial charge in [-0.15, -0.1) is 0 Å². The average Bonchev–Trinajstić information content (AvgIpc) is 3.00. The number of rotatable bonds is 3. The van der Waals surface area contributed by atoms with Crippen molar-refractivity contribution in [2.24, 2.45) is 11.8 Å². The van der Waals surface area contributed by atoms with Crippen molar-refractivity contribution >= 4 is 5.97 Å². The largest absolute Gasteiger partial charge is 0.481 e. The first-order chi connectivity index (χ1) is 7.09. The van der Waals surface area contributed by atoms with E-state index in [1.807, 2.05) is 0 Å². The summed E-state index contributed by atoms with van der Waals surface area (Å²) in [5, 5.41) is 9.05. The first kappa shape index (κ1) is 10.9. The van der Waals surface area contributed by atoms with E-state index in [0.717, 1.165) is 25.3 Å². The molecule has 1 N–H and O–H groups in total. The van der Waals surface area contributed by atoms with Gasteiger partial charge in [0.15, 0.2) is 0 Å². The Balaban J connectivity index is 1.97. The maximum Gasteiger partial charge on any atom is 0.307 e. The van der Waals surface area contributed by atoms with Gasteiger partial charge in [0.25, 0.3) is 0 Å². The van der Waals surface area contributed by atoms with E-state index in [1.54, 1.807) is 0 Å². The van der Waals surface area contributed by atoms with Crippen molar-refractivity contribution in [1.82, 2.24) is 4.90 Å². The molecule has 3 unspecified atom stereocenters. The zero-order valence-electron chi connectivity index (χ0n) is 9.65. The molecule has 0 spiro atoms. The van der Waals surface area contributed by atoms with Crippen LogP contribution in [0.4, 0.5) is 0 Å². The van der Waals surface area contributed by atoms with Crippen molar-refractivity contribution in [1.29, 1.82) is 0 Å². The van der Waals surface area contributed by atoms with Crippen LogP contribution in [0.3, 0.4) is 0 Å². The highest BCUT2D eigenvalue weighted by Gasteiger charge is 2.38. The Labute approximate surface area is 91.5 Å². The van der Waals surface area contributed by atoms with Gasteiger partial charge in [-0.3, -0.25) is 9.69 Å². The zero-order chi connectivity index (χ0) is 11.0. The Morgan fingerprint density at radius 2 is 2.00 bits per heavy atom. The second kappa shape index (κ2) is 4.12. The van der Waals surface area contributed by atoms with E-state index >= 15 is 0 Å². The lowest BCUT2D eigenvalue weighted by molar-refractivity contribution is -0.144. The van der Waals surface area contributed by atoms with Gasteiger partial charge >= 0.3 is 5.97 Å². The summed E-state index contributed by atoms with van der Waals surface area (Å²) in [7, 11) is 0. The minimum atomic E-state index is -0.616. The third kappa shape index (κ3) is 2.33. The summed E-state index contributed by atoms with van der Waals surface area (Å²) in [5.74, 6) is 0.0808. The Kier molecular flexibility index (Phi) is 3.01. The highest BCUT2D eigenvalue weighted by molar-refractivity contribution is 5.70. The van der Waals surface area contributed by atoms with E-state index < -0.39 is 5.97 Å². The number of carboxylic acid groups (broad SMARTS) is 1. The van der Waals surface area contributed by atoms with Crippen LogP contribution >= 0.6 is 0 Å². The molecule has 2 rings (SSSR count). The van der Waals surface area contributed by atoms with Gasteiger partial charge < -0.3 is 5.11 Å². The number of carbonyl (C=O) groups is 1. The van der Waals surface area contributed by atoms with Crippen molar-refractivity contribution in [3.63, 3.8) is 0 Å². The highest BCUT2D eigenvalue weighted by atomic mass is 16.4. The van der Waals surface area contributed by atoms with E-state index in [0.29, 0.717) is 12.1 Å². The SMILES string of the molecule is CC1CCC(C(=O)O)CN1C(C)C1CC1. The van der Waals surface area contributed by atoms with Crippen LogP contribution in [0.25, 0.3) is 0 Å². The van der Waals surface area contributed by atoms with Crippen LogP contribution in [-0.4, -0.2) is 34.6 Å². The van der Waals surface area contributed by atoms with Gasteiger partial charge in [-0.1, -0.05) is 0 Å². The molecule has 0 radical (unpaired) electrons. The molecule has 3 nitrogen and oxygen atoms in total. The second-order valence-corrected chi connectivity index (χ2v) is 5.24. The molecule has 0 amide bonds. The van der Waals surface area contributed by atoms with Crippen LogP contribution in [0.2, 0.25) is 0 Å².